The van der Waals surface area contributed by atoms with Crippen molar-refractivity contribution in [2.45, 2.75) is 20.5 Å². The average Bonchev–Trinajstić information content (AvgIpc) is 2.27. The highest BCUT2D eigenvalue weighted by atomic mass is 16.5. The number of rotatable bonds is 2. The first-order valence-corrected chi connectivity index (χ1v) is 5.08. The number of ether oxygens (including phenoxy) is 2. The quantitative estimate of drug-likeness (QED) is 0.743. The van der Waals surface area contributed by atoms with Gasteiger partial charge in [-0.25, -0.2) is 4.98 Å². The molecular weight excluding hydrogens is 190 g/mol. The van der Waals surface area contributed by atoms with Crippen molar-refractivity contribution in [1.29, 1.82) is 0 Å². The summed E-state index contributed by atoms with van der Waals surface area (Å²) in [6.07, 6.45) is 3.62. The SMILES string of the molecule is COc1nccc2c1COC=C2C(C)C. The molecule has 0 N–H and O–H groups in total. The van der Waals surface area contributed by atoms with Crippen molar-refractivity contribution in [3.8, 4) is 5.88 Å². The Labute approximate surface area is 89.7 Å². The minimum absolute atomic E-state index is 0.441. The summed E-state index contributed by atoms with van der Waals surface area (Å²) in [5.41, 5.74) is 3.45. The predicted molar refractivity (Wildman–Crippen MR) is 58.4 cm³/mol. The Bertz CT molecular complexity index is 397. The summed E-state index contributed by atoms with van der Waals surface area (Å²) >= 11 is 0. The van der Waals surface area contributed by atoms with Crippen LogP contribution in [-0.2, 0) is 11.3 Å². The summed E-state index contributed by atoms with van der Waals surface area (Å²) in [4.78, 5) is 4.17. The average molecular weight is 205 g/mol. The fourth-order valence-corrected chi connectivity index (χ4v) is 1.78. The van der Waals surface area contributed by atoms with Crippen LogP contribution in [0.2, 0.25) is 0 Å². The van der Waals surface area contributed by atoms with E-state index >= 15 is 0 Å². The maximum absolute atomic E-state index is 5.43. The molecule has 3 heteroatoms. The van der Waals surface area contributed by atoms with Crippen LogP contribution in [0.3, 0.4) is 0 Å². The van der Waals surface area contributed by atoms with Gasteiger partial charge in [0.15, 0.2) is 0 Å². The first-order valence-electron chi connectivity index (χ1n) is 5.08. The van der Waals surface area contributed by atoms with Gasteiger partial charge in [-0.2, -0.15) is 0 Å². The molecule has 0 aliphatic carbocycles. The minimum atomic E-state index is 0.441. The van der Waals surface area contributed by atoms with Crippen molar-refractivity contribution in [1.82, 2.24) is 4.98 Å². The minimum Gasteiger partial charge on any atom is -0.496 e. The highest BCUT2D eigenvalue weighted by Crippen LogP contribution is 2.33. The van der Waals surface area contributed by atoms with Gasteiger partial charge >= 0.3 is 0 Å². The van der Waals surface area contributed by atoms with Crippen LogP contribution in [0.15, 0.2) is 18.5 Å². The Hall–Kier alpha value is -1.51. The van der Waals surface area contributed by atoms with E-state index in [-0.39, 0.29) is 0 Å². The van der Waals surface area contributed by atoms with Gasteiger partial charge in [0.1, 0.15) is 6.61 Å². The van der Waals surface area contributed by atoms with Crippen molar-refractivity contribution in [3.63, 3.8) is 0 Å². The molecule has 0 amide bonds. The van der Waals surface area contributed by atoms with Gasteiger partial charge in [-0.1, -0.05) is 13.8 Å². The van der Waals surface area contributed by atoms with Crippen LogP contribution in [0.4, 0.5) is 0 Å². The normalized spacial score (nSPS) is 14.3. The van der Waals surface area contributed by atoms with Crippen molar-refractivity contribution in [2.24, 2.45) is 5.92 Å². The molecular formula is C12H15NO2. The zero-order valence-electron chi connectivity index (χ0n) is 9.28. The highest BCUT2D eigenvalue weighted by molar-refractivity contribution is 5.70. The van der Waals surface area contributed by atoms with Crippen LogP contribution in [0, 0.1) is 5.92 Å². The monoisotopic (exact) mass is 205 g/mol. The topological polar surface area (TPSA) is 31.4 Å². The second-order valence-corrected chi connectivity index (χ2v) is 3.89. The van der Waals surface area contributed by atoms with Gasteiger partial charge in [-0.15, -0.1) is 0 Å². The van der Waals surface area contributed by atoms with Gasteiger partial charge in [0.25, 0.3) is 0 Å². The number of allylic oxidation sites excluding steroid dienone is 1. The lowest BCUT2D eigenvalue weighted by molar-refractivity contribution is 0.224. The van der Waals surface area contributed by atoms with Gasteiger partial charge in [0, 0.05) is 6.20 Å². The van der Waals surface area contributed by atoms with Crippen molar-refractivity contribution >= 4 is 5.57 Å². The van der Waals surface area contributed by atoms with Crippen molar-refractivity contribution < 1.29 is 9.47 Å². The van der Waals surface area contributed by atoms with Crippen molar-refractivity contribution in [2.75, 3.05) is 7.11 Å². The molecule has 2 rings (SSSR count). The molecule has 0 saturated carbocycles. The molecule has 0 saturated heterocycles. The maximum Gasteiger partial charge on any atom is 0.220 e. The molecule has 1 aromatic heterocycles. The first kappa shape index (κ1) is 10.0. The molecule has 1 aromatic rings. The number of hydrogen-bond donors (Lipinski definition) is 0. The molecule has 0 radical (unpaired) electrons. The second-order valence-electron chi connectivity index (χ2n) is 3.89. The molecule has 0 unspecified atom stereocenters. The molecule has 80 valence electrons. The van der Waals surface area contributed by atoms with Crippen LogP contribution in [0.25, 0.3) is 5.57 Å². The molecule has 1 aliphatic rings. The predicted octanol–water partition coefficient (Wildman–Crippen LogP) is 2.62. The lowest BCUT2D eigenvalue weighted by Gasteiger charge is -2.21. The zero-order valence-corrected chi connectivity index (χ0v) is 9.28. The standard InChI is InChI=1S/C12H15NO2/c1-8(2)10-6-15-7-11-9(10)4-5-13-12(11)14-3/h4-6,8H,7H2,1-3H3. The summed E-state index contributed by atoms with van der Waals surface area (Å²) in [7, 11) is 1.63. The molecule has 0 fully saturated rings. The summed E-state index contributed by atoms with van der Waals surface area (Å²) in [6, 6.07) is 2.02. The maximum atomic E-state index is 5.43. The third-order valence-electron chi connectivity index (χ3n) is 2.58. The molecule has 0 spiro atoms. The van der Waals surface area contributed by atoms with E-state index in [0.717, 1.165) is 5.56 Å². The number of methoxy groups -OCH3 is 1. The van der Waals surface area contributed by atoms with Crippen molar-refractivity contribution in [3.05, 3.63) is 29.7 Å². The third kappa shape index (κ3) is 1.69. The van der Waals surface area contributed by atoms with E-state index < -0.39 is 0 Å². The number of aromatic nitrogens is 1. The Kier molecular flexibility index (Phi) is 2.62. The van der Waals surface area contributed by atoms with Gasteiger partial charge in [-0.3, -0.25) is 0 Å². The number of fused-ring (bicyclic) bond motifs is 1. The Morgan fingerprint density at radius 2 is 2.27 bits per heavy atom. The van der Waals surface area contributed by atoms with Crippen LogP contribution in [0.1, 0.15) is 25.0 Å². The van der Waals surface area contributed by atoms with E-state index in [9.17, 15) is 0 Å². The van der Waals surface area contributed by atoms with Crippen LogP contribution in [-0.4, -0.2) is 12.1 Å². The van der Waals surface area contributed by atoms with Gasteiger partial charge in [0.05, 0.1) is 18.9 Å². The van der Waals surface area contributed by atoms with E-state index in [1.54, 1.807) is 13.3 Å². The Morgan fingerprint density at radius 1 is 1.47 bits per heavy atom. The lowest BCUT2D eigenvalue weighted by atomic mass is 9.93. The van der Waals surface area contributed by atoms with E-state index in [1.165, 1.54) is 11.1 Å². The molecule has 0 aromatic carbocycles. The smallest absolute Gasteiger partial charge is 0.220 e. The van der Waals surface area contributed by atoms with E-state index in [2.05, 4.69) is 18.8 Å². The van der Waals surface area contributed by atoms with Gasteiger partial charge < -0.3 is 9.47 Å². The summed E-state index contributed by atoms with van der Waals surface area (Å²) < 4.78 is 10.7. The molecule has 0 bridgehead atoms. The summed E-state index contributed by atoms with van der Waals surface area (Å²) in [5, 5.41) is 0. The first-order chi connectivity index (χ1) is 7.24. The largest absolute Gasteiger partial charge is 0.496 e. The third-order valence-corrected chi connectivity index (χ3v) is 2.58. The summed E-state index contributed by atoms with van der Waals surface area (Å²) in [5.74, 6) is 1.11. The second kappa shape index (κ2) is 3.93. The number of hydrogen-bond acceptors (Lipinski definition) is 3. The summed E-state index contributed by atoms with van der Waals surface area (Å²) in [6.45, 7) is 4.84. The van der Waals surface area contributed by atoms with Crippen LogP contribution < -0.4 is 4.74 Å². The van der Waals surface area contributed by atoms with E-state index in [4.69, 9.17) is 9.47 Å². The molecule has 3 nitrogen and oxygen atoms in total. The van der Waals surface area contributed by atoms with Crippen LogP contribution >= 0.6 is 0 Å². The molecule has 1 aliphatic heterocycles. The van der Waals surface area contributed by atoms with E-state index in [1.807, 2.05) is 12.3 Å². The molecule has 15 heavy (non-hydrogen) atoms. The fourth-order valence-electron chi connectivity index (χ4n) is 1.78. The molecule has 2 heterocycles. The van der Waals surface area contributed by atoms with E-state index in [0.29, 0.717) is 18.4 Å². The van der Waals surface area contributed by atoms with Gasteiger partial charge in [-0.05, 0) is 23.1 Å². The number of pyridine rings is 1. The Balaban J connectivity index is 2.52. The molecule has 0 atom stereocenters. The Morgan fingerprint density at radius 3 is 2.93 bits per heavy atom. The fraction of sp³-hybridized carbons (Fsp3) is 0.417. The number of nitrogens with zero attached hydrogens (tertiary/aromatic N) is 1. The van der Waals surface area contributed by atoms with Gasteiger partial charge in [0.2, 0.25) is 5.88 Å². The lowest BCUT2D eigenvalue weighted by Crippen LogP contribution is -2.08. The zero-order chi connectivity index (χ0) is 10.8. The highest BCUT2D eigenvalue weighted by Gasteiger charge is 2.19. The van der Waals surface area contributed by atoms with Crippen LogP contribution in [0.5, 0.6) is 5.88 Å².